The first-order chi connectivity index (χ1) is 6.36. The fourth-order valence-electron chi connectivity index (χ4n) is 1.73. The molecule has 4 heteroatoms. The van der Waals surface area contributed by atoms with E-state index in [1.807, 2.05) is 11.6 Å². The van der Waals surface area contributed by atoms with Crippen molar-refractivity contribution in [3.8, 4) is 0 Å². The zero-order chi connectivity index (χ0) is 9.10. The van der Waals surface area contributed by atoms with Gasteiger partial charge in [-0.05, 0) is 19.4 Å². The first-order valence-electron chi connectivity index (χ1n) is 4.70. The molecule has 1 aliphatic heterocycles. The van der Waals surface area contributed by atoms with E-state index in [-0.39, 0.29) is 0 Å². The smallest absolute Gasteiger partial charge is 0.185 e. The SMILES string of the molecule is CN(CC1CCCN1)c1nccs1. The van der Waals surface area contributed by atoms with Crippen molar-refractivity contribution in [2.45, 2.75) is 18.9 Å². The summed E-state index contributed by atoms with van der Waals surface area (Å²) in [6.45, 7) is 2.25. The number of aromatic nitrogens is 1. The van der Waals surface area contributed by atoms with Gasteiger partial charge in [0, 0.05) is 31.2 Å². The second-order valence-electron chi connectivity index (χ2n) is 3.49. The Labute approximate surface area is 82.8 Å². The molecule has 0 saturated carbocycles. The van der Waals surface area contributed by atoms with Gasteiger partial charge in [0.2, 0.25) is 0 Å². The van der Waals surface area contributed by atoms with Gasteiger partial charge < -0.3 is 10.2 Å². The molecule has 1 aromatic rings. The second kappa shape index (κ2) is 4.07. The Morgan fingerprint density at radius 1 is 1.77 bits per heavy atom. The van der Waals surface area contributed by atoms with Gasteiger partial charge >= 0.3 is 0 Å². The molecule has 1 aliphatic rings. The molecule has 0 radical (unpaired) electrons. The molecule has 13 heavy (non-hydrogen) atoms. The lowest BCUT2D eigenvalue weighted by Crippen LogP contribution is -2.35. The molecule has 72 valence electrons. The first kappa shape index (κ1) is 8.97. The van der Waals surface area contributed by atoms with Crippen molar-refractivity contribution >= 4 is 16.5 Å². The van der Waals surface area contributed by atoms with Crippen molar-refractivity contribution < 1.29 is 0 Å². The van der Waals surface area contributed by atoms with Crippen molar-refractivity contribution in [1.82, 2.24) is 10.3 Å². The minimum atomic E-state index is 0.661. The number of anilines is 1. The normalized spacial score (nSPS) is 22.1. The third-order valence-corrected chi connectivity index (χ3v) is 3.29. The predicted molar refractivity (Wildman–Crippen MR) is 56.4 cm³/mol. The van der Waals surface area contributed by atoms with Crippen molar-refractivity contribution in [3.05, 3.63) is 11.6 Å². The number of nitrogens with zero attached hydrogens (tertiary/aromatic N) is 2. The summed E-state index contributed by atoms with van der Waals surface area (Å²) in [5.74, 6) is 0. The molecule has 1 aromatic heterocycles. The highest BCUT2D eigenvalue weighted by atomic mass is 32.1. The van der Waals surface area contributed by atoms with Gasteiger partial charge in [-0.1, -0.05) is 0 Å². The van der Waals surface area contributed by atoms with Crippen LogP contribution in [0, 0.1) is 0 Å². The molecule has 2 rings (SSSR count). The van der Waals surface area contributed by atoms with Crippen LogP contribution in [0.2, 0.25) is 0 Å². The number of thiazole rings is 1. The molecule has 1 fully saturated rings. The van der Waals surface area contributed by atoms with Crippen molar-refractivity contribution in [3.63, 3.8) is 0 Å². The predicted octanol–water partition coefficient (Wildman–Crippen LogP) is 1.33. The molecule has 1 N–H and O–H groups in total. The van der Waals surface area contributed by atoms with Crippen LogP contribution in [0.5, 0.6) is 0 Å². The van der Waals surface area contributed by atoms with Gasteiger partial charge in [0.1, 0.15) is 0 Å². The Kier molecular flexibility index (Phi) is 2.80. The van der Waals surface area contributed by atoms with Crippen LogP contribution >= 0.6 is 11.3 Å². The average Bonchev–Trinajstić information content (AvgIpc) is 2.74. The van der Waals surface area contributed by atoms with Gasteiger partial charge in [0.05, 0.1) is 0 Å². The van der Waals surface area contributed by atoms with Gasteiger partial charge in [-0.25, -0.2) is 4.98 Å². The summed E-state index contributed by atoms with van der Waals surface area (Å²) in [6, 6.07) is 0.661. The van der Waals surface area contributed by atoms with Gasteiger partial charge in [-0.2, -0.15) is 0 Å². The minimum Gasteiger partial charge on any atom is -0.350 e. The van der Waals surface area contributed by atoms with E-state index in [2.05, 4.69) is 22.2 Å². The zero-order valence-electron chi connectivity index (χ0n) is 7.86. The number of likely N-dealkylation sites (N-methyl/N-ethyl adjacent to an activating group) is 1. The minimum absolute atomic E-state index is 0.661. The largest absolute Gasteiger partial charge is 0.350 e. The van der Waals surface area contributed by atoms with Crippen LogP contribution in [-0.4, -0.2) is 31.2 Å². The lowest BCUT2D eigenvalue weighted by molar-refractivity contribution is 0.599. The van der Waals surface area contributed by atoms with E-state index in [1.165, 1.54) is 19.4 Å². The number of nitrogens with one attached hydrogen (secondary N) is 1. The van der Waals surface area contributed by atoms with E-state index in [1.54, 1.807) is 11.3 Å². The third kappa shape index (κ3) is 2.19. The second-order valence-corrected chi connectivity index (χ2v) is 4.36. The molecule has 1 atom stereocenters. The van der Waals surface area contributed by atoms with Crippen LogP contribution in [0.3, 0.4) is 0 Å². The Morgan fingerprint density at radius 3 is 3.31 bits per heavy atom. The molecule has 0 aromatic carbocycles. The molecule has 2 heterocycles. The monoisotopic (exact) mass is 197 g/mol. The van der Waals surface area contributed by atoms with Crippen molar-refractivity contribution in [2.75, 3.05) is 25.0 Å². The van der Waals surface area contributed by atoms with Crippen LogP contribution in [-0.2, 0) is 0 Å². The number of hydrogen-bond acceptors (Lipinski definition) is 4. The molecule has 1 saturated heterocycles. The lowest BCUT2D eigenvalue weighted by atomic mass is 10.2. The van der Waals surface area contributed by atoms with E-state index < -0.39 is 0 Å². The van der Waals surface area contributed by atoms with Gasteiger partial charge in [0.25, 0.3) is 0 Å². The maximum absolute atomic E-state index is 4.27. The van der Waals surface area contributed by atoms with Gasteiger partial charge in [0.15, 0.2) is 5.13 Å². The lowest BCUT2D eigenvalue weighted by Gasteiger charge is -2.20. The Bertz CT molecular complexity index is 241. The molecule has 0 bridgehead atoms. The van der Waals surface area contributed by atoms with Crippen molar-refractivity contribution in [2.24, 2.45) is 0 Å². The highest BCUT2D eigenvalue weighted by Crippen LogP contribution is 2.17. The molecule has 1 unspecified atom stereocenters. The highest BCUT2D eigenvalue weighted by molar-refractivity contribution is 7.13. The summed E-state index contributed by atoms with van der Waals surface area (Å²) in [4.78, 5) is 6.50. The summed E-state index contributed by atoms with van der Waals surface area (Å²) in [7, 11) is 2.11. The fourth-order valence-corrected chi connectivity index (χ4v) is 2.35. The fraction of sp³-hybridized carbons (Fsp3) is 0.667. The van der Waals surface area contributed by atoms with Gasteiger partial charge in [-0.3, -0.25) is 0 Å². The standard InChI is InChI=1S/C9H15N3S/c1-12(9-11-5-6-13-9)7-8-3-2-4-10-8/h5-6,8,10H,2-4,7H2,1H3. The summed E-state index contributed by atoms with van der Waals surface area (Å²) in [5.41, 5.74) is 0. The zero-order valence-corrected chi connectivity index (χ0v) is 8.68. The topological polar surface area (TPSA) is 28.2 Å². The molecule has 0 amide bonds. The van der Waals surface area contributed by atoms with Crippen LogP contribution in [0.4, 0.5) is 5.13 Å². The molecule has 0 spiro atoms. The molecular formula is C9H15N3S. The third-order valence-electron chi connectivity index (χ3n) is 2.40. The maximum atomic E-state index is 4.27. The van der Waals surface area contributed by atoms with Crippen LogP contribution in [0.15, 0.2) is 11.6 Å². The van der Waals surface area contributed by atoms with Crippen LogP contribution < -0.4 is 10.2 Å². The Balaban J connectivity index is 1.87. The van der Waals surface area contributed by atoms with Gasteiger partial charge in [-0.15, -0.1) is 11.3 Å². The first-order valence-corrected chi connectivity index (χ1v) is 5.58. The molecule has 0 aliphatic carbocycles. The Hall–Kier alpha value is -0.610. The summed E-state index contributed by atoms with van der Waals surface area (Å²) >= 11 is 1.70. The average molecular weight is 197 g/mol. The van der Waals surface area contributed by atoms with E-state index in [0.717, 1.165) is 11.7 Å². The number of hydrogen-bond donors (Lipinski definition) is 1. The Morgan fingerprint density at radius 2 is 2.69 bits per heavy atom. The summed E-state index contributed by atoms with van der Waals surface area (Å²) in [6.07, 6.45) is 4.48. The maximum Gasteiger partial charge on any atom is 0.185 e. The van der Waals surface area contributed by atoms with Crippen molar-refractivity contribution in [1.29, 1.82) is 0 Å². The highest BCUT2D eigenvalue weighted by Gasteiger charge is 2.16. The van der Waals surface area contributed by atoms with E-state index in [0.29, 0.717) is 6.04 Å². The molecular weight excluding hydrogens is 182 g/mol. The quantitative estimate of drug-likeness (QED) is 0.792. The summed E-state index contributed by atoms with van der Waals surface area (Å²) in [5, 5.41) is 6.63. The van der Waals surface area contributed by atoms with E-state index >= 15 is 0 Å². The van der Waals surface area contributed by atoms with E-state index in [9.17, 15) is 0 Å². The van der Waals surface area contributed by atoms with Crippen LogP contribution in [0.1, 0.15) is 12.8 Å². The van der Waals surface area contributed by atoms with E-state index in [4.69, 9.17) is 0 Å². The number of rotatable bonds is 3. The summed E-state index contributed by atoms with van der Waals surface area (Å²) < 4.78 is 0. The van der Waals surface area contributed by atoms with Crippen LogP contribution in [0.25, 0.3) is 0 Å². The molecule has 3 nitrogen and oxygen atoms in total.